The molecule has 0 bridgehead atoms. The Hall–Kier alpha value is -4.53. The Bertz CT molecular complexity index is 1450. The number of hydrogen-bond donors (Lipinski definition) is 2. The first kappa shape index (κ1) is 23.6. The van der Waals surface area contributed by atoms with Gasteiger partial charge in [0, 0.05) is 29.2 Å². The lowest BCUT2D eigenvalue weighted by molar-refractivity contribution is -0.117. The molecule has 2 N–H and O–H groups in total. The van der Waals surface area contributed by atoms with Crippen LogP contribution in [0.25, 0.3) is 0 Å². The van der Waals surface area contributed by atoms with E-state index in [0.29, 0.717) is 46.2 Å². The first-order valence-corrected chi connectivity index (χ1v) is 11.2. The van der Waals surface area contributed by atoms with Crippen molar-refractivity contribution in [2.75, 3.05) is 16.8 Å². The quantitative estimate of drug-likeness (QED) is 0.419. The minimum absolute atomic E-state index is 0.117. The van der Waals surface area contributed by atoms with Crippen molar-refractivity contribution < 1.29 is 4.79 Å². The van der Waals surface area contributed by atoms with Crippen LogP contribution in [-0.2, 0) is 17.6 Å². The van der Waals surface area contributed by atoms with Crippen molar-refractivity contribution in [1.82, 2.24) is 4.98 Å². The molecule has 172 valence electrons. The number of fused-ring (bicyclic) bond motifs is 1. The Morgan fingerprint density at radius 3 is 2.77 bits per heavy atom. The highest BCUT2D eigenvalue weighted by Crippen LogP contribution is 2.34. The maximum atomic E-state index is 13.1. The average Bonchev–Trinajstić information content (AvgIpc) is 3.29. The molecular formula is C26H20ClN7O. The highest BCUT2D eigenvalue weighted by Gasteiger charge is 2.28. The number of nitrogens with one attached hydrogen (secondary N) is 2. The second kappa shape index (κ2) is 10.2. The van der Waals surface area contributed by atoms with Gasteiger partial charge in [-0.2, -0.15) is 10.5 Å². The molecule has 0 radical (unpaired) electrons. The highest BCUT2D eigenvalue weighted by atomic mass is 35.5. The van der Waals surface area contributed by atoms with Crippen molar-refractivity contribution in [3.05, 3.63) is 87.7 Å². The van der Waals surface area contributed by atoms with E-state index in [9.17, 15) is 10.1 Å². The van der Waals surface area contributed by atoms with Crippen LogP contribution < -0.4 is 10.2 Å². The van der Waals surface area contributed by atoms with Gasteiger partial charge in [-0.15, -0.1) is 0 Å². The predicted octanol–water partition coefficient (Wildman–Crippen LogP) is 4.47. The van der Waals surface area contributed by atoms with E-state index in [1.165, 1.54) is 12.3 Å². The van der Waals surface area contributed by atoms with Gasteiger partial charge in [0.2, 0.25) is 11.9 Å². The van der Waals surface area contributed by atoms with Crippen LogP contribution in [-0.4, -0.2) is 29.1 Å². The van der Waals surface area contributed by atoms with Crippen molar-refractivity contribution in [2.45, 2.75) is 19.8 Å². The summed E-state index contributed by atoms with van der Waals surface area (Å²) < 4.78 is 0. The fourth-order valence-corrected chi connectivity index (χ4v) is 4.16. The van der Waals surface area contributed by atoms with Gasteiger partial charge in [-0.05, 0) is 60.4 Å². The Kier molecular flexibility index (Phi) is 6.86. The van der Waals surface area contributed by atoms with E-state index in [4.69, 9.17) is 22.3 Å². The summed E-state index contributed by atoms with van der Waals surface area (Å²) in [5.74, 6) is -0.236. The topological polar surface area (TPSA) is 129 Å². The van der Waals surface area contributed by atoms with Crippen molar-refractivity contribution >= 4 is 40.6 Å². The van der Waals surface area contributed by atoms with Crippen LogP contribution in [0.5, 0.6) is 0 Å². The molecule has 0 saturated carbocycles. The molecule has 0 unspecified atom stereocenters. The summed E-state index contributed by atoms with van der Waals surface area (Å²) in [7, 11) is 0. The van der Waals surface area contributed by atoms with Gasteiger partial charge in [-0.3, -0.25) is 10.2 Å². The molecule has 8 nitrogen and oxygen atoms in total. The molecule has 4 rings (SSSR count). The number of carbonyl (C=O) groups excluding carboxylic acids is 1. The minimum Gasteiger partial charge on any atom is -0.325 e. The fraction of sp³-hybridized carbons (Fsp3) is 0.154. The maximum Gasteiger partial charge on any atom is 0.231 e. The SMILES string of the molecule is C/C(=N\C(=N)Nc1ccnc(C#N)c1)c1cc(C#N)c2c(c1)CCN2C(=O)Cc1ccccc1Cl. The number of aromatic nitrogens is 1. The second-order valence-corrected chi connectivity index (χ2v) is 8.33. The molecule has 0 saturated heterocycles. The number of carbonyl (C=O) groups is 1. The molecule has 35 heavy (non-hydrogen) atoms. The average molecular weight is 482 g/mol. The van der Waals surface area contributed by atoms with Crippen LogP contribution in [0, 0.1) is 28.1 Å². The molecule has 0 spiro atoms. The summed E-state index contributed by atoms with van der Waals surface area (Å²) in [6, 6.07) is 18.1. The molecular weight excluding hydrogens is 462 g/mol. The Morgan fingerprint density at radius 2 is 2.03 bits per heavy atom. The second-order valence-electron chi connectivity index (χ2n) is 7.92. The minimum atomic E-state index is -0.119. The van der Waals surface area contributed by atoms with Crippen LogP contribution in [0.15, 0.2) is 59.7 Å². The van der Waals surface area contributed by atoms with Gasteiger partial charge in [0.05, 0.1) is 17.7 Å². The molecule has 0 atom stereocenters. The molecule has 2 heterocycles. The molecule has 1 aliphatic rings. The third kappa shape index (κ3) is 5.19. The third-order valence-corrected chi connectivity index (χ3v) is 5.99. The summed E-state index contributed by atoms with van der Waals surface area (Å²) in [6.45, 7) is 2.23. The lowest BCUT2D eigenvalue weighted by Gasteiger charge is -2.19. The zero-order chi connectivity index (χ0) is 24.9. The number of pyridine rings is 1. The van der Waals surface area contributed by atoms with E-state index >= 15 is 0 Å². The van der Waals surface area contributed by atoms with Gasteiger partial charge in [0.25, 0.3) is 0 Å². The smallest absolute Gasteiger partial charge is 0.231 e. The molecule has 9 heteroatoms. The van der Waals surface area contributed by atoms with Gasteiger partial charge in [0.15, 0.2) is 0 Å². The van der Waals surface area contributed by atoms with E-state index in [2.05, 4.69) is 21.4 Å². The van der Waals surface area contributed by atoms with Gasteiger partial charge in [0.1, 0.15) is 17.8 Å². The molecule has 0 fully saturated rings. The van der Waals surface area contributed by atoms with E-state index in [0.717, 1.165) is 11.1 Å². The largest absolute Gasteiger partial charge is 0.325 e. The van der Waals surface area contributed by atoms with Gasteiger partial charge in [-0.25, -0.2) is 9.98 Å². The summed E-state index contributed by atoms with van der Waals surface area (Å²) in [4.78, 5) is 22.9. The first-order chi connectivity index (χ1) is 16.9. The number of nitrogens with zero attached hydrogens (tertiary/aromatic N) is 5. The number of benzene rings is 2. The Labute approximate surface area is 207 Å². The van der Waals surface area contributed by atoms with Crippen molar-refractivity contribution in [2.24, 2.45) is 4.99 Å². The number of halogens is 1. The van der Waals surface area contributed by atoms with Crippen LogP contribution in [0.2, 0.25) is 5.02 Å². The zero-order valence-corrected chi connectivity index (χ0v) is 19.6. The standard InChI is InChI=1S/C26H20ClN7O/c1-16(32-26(30)33-21-6-8-31-22(13-21)15-29)19-10-18-7-9-34(25(18)20(11-19)14-28)24(35)12-17-4-2-3-5-23(17)27/h2-6,8,10-11,13H,7,9,12H2,1H3,(H2,30,31,33)/b32-16+. The Morgan fingerprint density at radius 1 is 1.23 bits per heavy atom. The number of rotatable bonds is 4. The molecule has 2 aromatic carbocycles. The number of guanidine groups is 1. The number of nitriles is 2. The van der Waals surface area contributed by atoms with Crippen LogP contribution in [0.4, 0.5) is 11.4 Å². The molecule has 1 aliphatic heterocycles. The number of hydrogen-bond acceptors (Lipinski definition) is 5. The van der Waals surface area contributed by atoms with Crippen LogP contribution in [0.3, 0.4) is 0 Å². The predicted molar refractivity (Wildman–Crippen MR) is 135 cm³/mol. The highest BCUT2D eigenvalue weighted by molar-refractivity contribution is 6.31. The van der Waals surface area contributed by atoms with E-state index in [1.807, 2.05) is 30.3 Å². The van der Waals surface area contributed by atoms with Gasteiger partial charge < -0.3 is 10.2 Å². The van der Waals surface area contributed by atoms with Crippen molar-refractivity contribution in [3.63, 3.8) is 0 Å². The monoisotopic (exact) mass is 481 g/mol. The molecule has 1 aromatic heterocycles. The van der Waals surface area contributed by atoms with Crippen LogP contribution in [0.1, 0.15) is 34.9 Å². The Balaban J connectivity index is 1.56. The molecule has 3 aromatic rings. The van der Waals surface area contributed by atoms with Crippen molar-refractivity contribution in [1.29, 1.82) is 15.9 Å². The maximum absolute atomic E-state index is 13.1. The number of aliphatic imine (C=N–C) groups is 1. The van der Waals surface area contributed by atoms with E-state index < -0.39 is 0 Å². The fourth-order valence-electron chi connectivity index (χ4n) is 3.96. The normalized spacial score (nSPS) is 12.5. The van der Waals surface area contributed by atoms with Gasteiger partial charge >= 0.3 is 0 Å². The summed E-state index contributed by atoms with van der Waals surface area (Å²) in [5, 5.41) is 30.3. The summed E-state index contributed by atoms with van der Waals surface area (Å²) in [5.41, 5.74) is 4.62. The van der Waals surface area contributed by atoms with Gasteiger partial charge in [-0.1, -0.05) is 29.8 Å². The molecule has 0 aliphatic carbocycles. The van der Waals surface area contributed by atoms with Crippen molar-refractivity contribution in [3.8, 4) is 12.1 Å². The number of amides is 1. The van der Waals surface area contributed by atoms with E-state index in [-0.39, 0.29) is 24.0 Å². The lowest BCUT2D eigenvalue weighted by Crippen LogP contribution is -2.31. The molecule has 1 amide bonds. The van der Waals surface area contributed by atoms with Crippen LogP contribution >= 0.6 is 11.6 Å². The third-order valence-electron chi connectivity index (χ3n) is 5.62. The number of anilines is 2. The summed E-state index contributed by atoms with van der Waals surface area (Å²) in [6.07, 6.45) is 2.24. The lowest BCUT2D eigenvalue weighted by atomic mass is 10.0. The van der Waals surface area contributed by atoms with E-state index in [1.54, 1.807) is 30.0 Å². The zero-order valence-electron chi connectivity index (χ0n) is 18.8. The first-order valence-electron chi connectivity index (χ1n) is 10.8. The summed E-state index contributed by atoms with van der Waals surface area (Å²) >= 11 is 6.22.